The molecule has 0 saturated heterocycles. The molecule has 0 heterocycles. The van der Waals surface area contributed by atoms with E-state index in [2.05, 4.69) is 5.32 Å². The summed E-state index contributed by atoms with van der Waals surface area (Å²) < 4.78 is 5.04. The molecule has 0 bridgehead atoms. The summed E-state index contributed by atoms with van der Waals surface area (Å²) in [6, 6.07) is 7.19. The fourth-order valence-corrected chi connectivity index (χ4v) is 1.57. The van der Waals surface area contributed by atoms with Gasteiger partial charge in [0.2, 0.25) is 0 Å². The van der Waals surface area contributed by atoms with Gasteiger partial charge in [-0.05, 0) is 36.7 Å². The number of carboxylic acid groups (broad SMARTS) is 1. The van der Waals surface area contributed by atoms with Crippen LogP contribution in [0.4, 0.5) is 0 Å². The zero-order valence-corrected chi connectivity index (χ0v) is 10.9. The minimum Gasteiger partial charge on any atom is -0.497 e. The number of aliphatic carboxylic acids is 1. The molecule has 1 aromatic carbocycles. The van der Waals surface area contributed by atoms with E-state index in [0.717, 1.165) is 11.3 Å². The number of ether oxygens (including phenoxy) is 1. The maximum Gasteiger partial charge on any atom is 0.331 e. The Morgan fingerprint density at radius 2 is 2.00 bits per heavy atom. The molecule has 0 fully saturated rings. The molecule has 0 aliphatic carbocycles. The number of aliphatic hydroxyl groups excluding tert-OH is 1. The van der Waals surface area contributed by atoms with E-state index in [1.165, 1.54) is 0 Å². The standard InChI is InChI=1S/C14H19NO4/c1-19-13-4-2-11(3-5-13)10-12(14(17)18)6-7-15-8-9-16/h2-5,10,15-16H,6-9H2,1H3,(H,17,18). The highest BCUT2D eigenvalue weighted by Crippen LogP contribution is 2.15. The van der Waals surface area contributed by atoms with Crippen molar-refractivity contribution in [2.24, 2.45) is 0 Å². The lowest BCUT2D eigenvalue weighted by Gasteiger charge is -2.05. The van der Waals surface area contributed by atoms with Crippen LogP contribution in [0.25, 0.3) is 6.08 Å². The van der Waals surface area contributed by atoms with Gasteiger partial charge in [-0.3, -0.25) is 0 Å². The first kappa shape index (κ1) is 15.2. The smallest absolute Gasteiger partial charge is 0.331 e. The van der Waals surface area contributed by atoms with E-state index in [9.17, 15) is 4.79 Å². The zero-order valence-electron chi connectivity index (χ0n) is 10.9. The molecule has 1 rings (SSSR count). The average Bonchev–Trinajstić information content (AvgIpc) is 2.42. The highest BCUT2D eigenvalue weighted by molar-refractivity contribution is 5.92. The highest BCUT2D eigenvalue weighted by atomic mass is 16.5. The number of benzene rings is 1. The third-order valence-electron chi connectivity index (χ3n) is 2.59. The van der Waals surface area contributed by atoms with E-state index in [0.29, 0.717) is 25.1 Å². The molecule has 3 N–H and O–H groups in total. The average molecular weight is 265 g/mol. The Balaban J connectivity index is 2.68. The van der Waals surface area contributed by atoms with Crippen molar-refractivity contribution in [3.05, 3.63) is 35.4 Å². The molecule has 5 heteroatoms. The van der Waals surface area contributed by atoms with Crippen LogP contribution in [0.5, 0.6) is 5.75 Å². The zero-order chi connectivity index (χ0) is 14.1. The van der Waals surface area contributed by atoms with Gasteiger partial charge >= 0.3 is 5.97 Å². The molecular formula is C14H19NO4. The first-order valence-electron chi connectivity index (χ1n) is 6.07. The maximum absolute atomic E-state index is 11.1. The minimum absolute atomic E-state index is 0.0462. The fraction of sp³-hybridized carbons (Fsp3) is 0.357. The molecule has 0 aliphatic heterocycles. The lowest BCUT2D eigenvalue weighted by Crippen LogP contribution is -2.20. The first-order valence-corrected chi connectivity index (χ1v) is 6.07. The van der Waals surface area contributed by atoms with E-state index in [4.69, 9.17) is 14.9 Å². The van der Waals surface area contributed by atoms with Crippen LogP contribution in [0.2, 0.25) is 0 Å². The maximum atomic E-state index is 11.1. The number of hydrogen-bond acceptors (Lipinski definition) is 4. The van der Waals surface area contributed by atoms with E-state index in [1.54, 1.807) is 25.3 Å². The molecule has 0 spiro atoms. The molecule has 0 amide bonds. The van der Waals surface area contributed by atoms with Crippen LogP contribution in [0.1, 0.15) is 12.0 Å². The van der Waals surface area contributed by atoms with Crippen LogP contribution in [-0.4, -0.2) is 43.0 Å². The van der Waals surface area contributed by atoms with Gasteiger partial charge in [-0.25, -0.2) is 4.79 Å². The quantitative estimate of drug-likeness (QED) is 0.485. The van der Waals surface area contributed by atoms with Gasteiger partial charge in [0.25, 0.3) is 0 Å². The molecular weight excluding hydrogens is 246 g/mol. The number of aliphatic hydroxyl groups is 1. The van der Waals surface area contributed by atoms with Crippen molar-refractivity contribution in [1.29, 1.82) is 0 Å². The summed E-state index contributed by atoms with van der Waals surface area (Å²) in [5, 5.41) is 20.7. The summed E-state index contributed by atoms with van der Waals surface area (Å²) in [4.78, 5) is 11.1. The van der Waals surface area contributed by atoms with Gasteiger partial charge in [0.05, 0.1) is 13.7 Å². The van der Waals surface area contributed by atoms with Crippen molar-refractivity contribution >= 4 is 12.0 Å². The van der Waals surface area contributed by atoms with Gasteiger partial charge < -0.3 is 20.3 Å². The van der Waals surface area contributed by atoms with Crippen molar-refractivity contribution in [2.45, 2.75) is 6.42 Å². The normalized spacial score (nSPS) is 11.4. The highest BCUT2D eigenvalue weighted by Gasteiger charge is 2.07. The minimum atomic E-state index is -0.929. The lowest BCUT2D eigenvalue weighted by atomic mass is 10.1. The summed E-state index contributed by atoms with van der Waals surface area (Å²) >= 11 is 0. The van der Waals surface area contributed by atoms with Crippen LogP contribution in [0, 0.1) is 0 Å². The molecule has 19 heavy (non-hydrogen) atoms. The van der Waals surface area contributed by atoms with Crippen LogP contribution in [-0.2, 0) is 4.79 Å². The summed E-state index contributed by atoms with van der Waals surface area (Å²) in [6.45, 7) is 1.04. The predicted octanol–water partition coefficient (Wildman–Crippen LogP) is 1.14. The Labute approximate surface area is 112 Å². The van der Waals surface area contributed by atoms with Gasteiger partial charge in [-0.1, -0.05) is 12.1 Å². The van der Waals surface area contributed by atoms with Crippen LogP contribution in [0.3, 0.4) is 0 Å². The third-order valence-corrected chi connectivity index (χ3v) is 2.59. The molecule has 0 radical (unpaired) electrons. The molecule has 0 saturated carbocycles. The number of carboxylic acids is 1. The van der Waals surface area contributed by atoms with Crippen LogP contribution < -0.4 is 10.1 Å². The Morgan fingerprint density at radius 1 is 1.32 bits per heavy atom. The van der Waals surface area contributed by atoms with E-state index in [1.807, 2.05) is 12.1 Å². The summed E-state index contributed by atoms with van der Waals surface area (Å²) in [5.41, 5.74) is 1.15. The monoisotopic (exact) mass is 265 g/mol. The number of nitrogens with one attached hydrogen (secondary N) is 1. The summed E-state index contributed by atoms with van der Waals surface area (Å²) in [5.74, 6) is -0.194. The summed E-state index contributed by atoms with van der Waals surface area (Å²) in [6.07, 6.45) is 2.05. The first-order chi connectivity index (χ1) is 9.17. The van der Waals surface area contributed by atoms with Crippen LogP contribution in [0.15, 0.2) is 29.8 Å². The Kier molecular flexibility index (Phi) is 6.63. The molecule has 0 aliphatic rings. The Morgan fingerprint density at radius 3 is 2.53 bits per heavy atom. The lowest BCUT2D eigenvalue weighted by molar-refractivity contribution is -0.132. The molecule has 5 nitrogen and oxygen atoms in total. The third kappa shape index (κ3) is 5.54. The Hall–Kier alpha value is -1.85. The molecule has 0 unspecified atom stereocenters. The number of rotatable bonds is 8. The van der Waals surface area contributed by atoms with Crippen molar-refractivity contribution < 1.29 is 19.7 Å². The molecule has 1 aromatic rings. The van der Waals surface area contributed by atoms with Gasteiger partial charge in [0.15, 0.2) is 0 Å². The fourth-order valence-electron chi connectivity index (χ4n) is 1.57. The second-order valence-corrected chi connectivity index (χ2v) is 3.97. The molecule has 104 valence electrons. The summed E-state index contributed by atoms with van der Waals surface area (Å²) in [7, 11) is 1.58. The SMILES string of the molecule is COc1ccc(C=C(CCNCCO)C(=O)O)cc1. The van der Waals surface area contributed by atoms with Crippen molar-refractivity contribution in [2.75, 3.05) is 26.8 Å². The predicted molar refractivity (Wildman–Crippen MR) is 73.2 cm³/mol. The second kappa shape index (κ2) is 8.29. The van der Waals surface area contributed by atoms with Gasteiger partial charge in [0.1, 0.15) is 5.75 Å². The van der Waals surface area contributed by atoms with Gasteiger partial charge in [-0.2, -0.15) is 0 Å². The number of methoxy groups -OCH3 is 1. The van der Waals surface area contributed by atoms with E-state index in [-0.39, 0.29) is 6.61 Å². The molecule has 0 atom stereocenters. The van der Waals surface area contributed by atoms with Crippen molar-refractivity contribution in [1.82, 2.24) is 5.32 Å². The number of carbonyl (C=O) groups is 1. The topological polar surface area (TPSA) is 78.8 Å². The Bertz CT molecular complexity index is 426. The largest absolute Gasteiger partial charge is 0.497 e. The van der Waals surface area contributed by atoms with Crippen molar-refractivity contribution in [3.8, 4) is 5.75 Å². The van der Waals surface area contributed by atoms with E-state index >= 15 is 0 Å². The van der Waals surface area contributed by atoms with Crippen LogP contribution >= 0.6 is 0 Å². The molecule has 0 aromatic heterocycles. The van der Waals surface area contributed by atoms with Crippen molar-refractivity contribution in [3.63, 3.8) is 0 Å². The van der Waals surface area contributed by atoms with Gasteiger partial charge in [0, 0.05) is 12.1 Å². The van der Waals surface area contributed by atoms with Gasteiger partial charge in [-0.15, -0.1) is 0 Å². The number of hydrogen-bond donors (Lipinski definition) is 3. The second-order valence-electron chi connectivity index (χ2n) is 3.97. The van der Waals surface area contributed by atoms with E-state index < -0.39 is 5.97 Å².